The van der Waals surface area contributed by atoms with Gasteiger partial charge in [0.2, 0.25) is 0 Å². The molecule has 1 aliphatic heterocycles. The van der Waals surface area contributed by atoms with Crippen LogP contribution in [0.4, 0.5) is 20.3 Å². The van der Waals surface area contributed by atoms with Crippen molar-refractivity contribution < 1.29 is 13.6 Å². The summed E-state index contributed by atoms with van der Waals surface area (Å²) in [4.78, 5) is 15.1. The Morgan fingerprint density at radius 1 is 1.11 bits per heavy atom. The van der Waals surface area contributed by atoms with Gasteiger partial charge in [0.15, 0.2) is 0 Å². The predicted octanol–water partition coefficient (Wildman–Crippen LogP) is 7.61. The second-order valence-electron chi connectivity index (χ2n) is 8.60. The summed E-state index contributed by atoms with van der Waals surface area (Å²) in [7, 11) is 0. The van der Waals surface area contributed by atoms with E-state index in [1.807, 2.05) is 61.5 Å². The van der Waals surface area contributed by atoms with Crippen LogP contribution in [0.1, 0.15) is 40.0 Å². The van der Waals surface area contributed by atoms with Crippen LogP contribution < -0.4 is 10.6 Å². The molecule has 4 aromatic rings. The van der Waals surface area contributed by atoms with Crippen molar-refractivity contribution in [1.29, 1.82) is 0 Å². The maximum Gasteiger partial charge on any atom is 0.261 e. The Morgan fingerprint density at radius 3 is 2.56 bits per heavy atom. The second kappa shape index (κ2) is 10.3. The maximum absolute atomic E-state index is 14.0. The second-order valence-corrected chi connectivity index (χ2v) is 10.2. The summed E-state index contributed by atoms with van der Waals surface area (Å²) >= 11 is 7.47. The van der Waals surface area contributed by atoms with Gasteiger partial charge in [-0.3, -0.25) is 4.79 Å². The number of nitrogens with zero attached hydrogens (tertiary/aromatic N) is 2. The topological polar surface area (TPSA) is 59.0 Å². The molecule has 0 aliphatic carbocycles. The van der Waals surface area contributed by atoms with Gasteiger partial charge >= 0.3 is 0 Å². The molecule has 1 amide bonds. The lowest BCUT2D eigenvalue weighted by Gasteiger charge is -2.32. The van der Waals surface area contributed by atoms with Crippen molar-refractivity contribution in [2.24, 2.45) is 0 Å². The number of hydrogen-bond donors (Lipinski definition) is 2. The zero-order chi connectivity index (χ0) is 25.2. The molecule has 2 heterocycles. The number of rotatable bonds is 6. The molecular weight excluding hydrogens is 502 g/mol. The van der Waals surface area contributed by atoms with Gasteiger partial charge < -0.3 is 10.6 Å². The molecule has 36 heavy (non-hydrogen) atoms. The minimum absolute atomic E-state index is 0.164. The number of benzene rings is 3. The number of amides is 1. The van der Waals surface area contributed by atoms with Gasteiger partial charge in [0.25, 0.3) is 12.3 Å². The number of hydrogen-bond acceptors (Lipinski definition) is 4. The van der Waals surface area contributed by atoms with Crippen molar-refractivity contribution in [2.45, 2.75) is 41.6 Å². The monoisotopic (exact) mass is 524 g/mol. The molecule has 1 aromatic heterocycles. The molecule has 9 heteroatoms. The summed E-state index contributed by atoms with van der Waals surface area (Å²) in [5.41, 5.74) is 2.79. The van der Waals surface area contributed by atoms with Crippen molar-refractivity contribution in [3.63, 3.8) is 0 Å². The standard InChI is InChI=1S/C27H23ClF2N4OS/c1-16-6-8-17(9-7-16)22-14-23(25(29)30)34-26(32-22)20(15-31-34)27(35)33-21-4-2-3-5-24(21)36-19-12-10-18(28)11-13-19/h2-13,15,22-23,25,32H,14H2,1H3,(H,33,35)/t22-,23+/m0/s1. The number of carbonyl (C=O) groups is 1. The highest BCUT2D eigenvalue weighted by Crippen LogP contribution is 2.40. The molecule has 0 spiro atoms. The Labute approximate surface area is 216 Å². The van der Waals surface area contributed by atoms with Crippen LogP contribution in [0.5, 0.6) is 0 Å². The van der Waals surface area contributed by atoms with E-state index in [4.69, 9.17) is 11.6 Å². The van der Waals surface area contributed by atoms with Crippen molar-refractivity contribution in [3.05, 3.63) is 101 Å². The molecule has 3 aromatic carbocycles. The lowest BCUT2D eigenvalue weighted by atomic mass is 9.96. The van der Waals surface area contributed by atoms with Crippen LogP contribution in [-0.2, 0) is 0 Å². The molecule has 0 fully saturated rings. The Kier molecular flexibility index (Phi) is 6.98. The zero-order valence-corrected chi connectivity index (χ0v) is 20.9. The number of anilines is 2. The van der Waals surface area contributed by atoms with Crippen molar-refractivity contribution in [3.8, 4) is 0 Å². The van der Waals surface area contributed by atoms with E-state index in [2.05, 4.69) is 15.7 Å². The summed E-state index contributed by atoms with van der Waals surface area (Å²) in [6, 6.07) is 21.1. The van der Waals surface area contributed by atoms with Gasteiger partial charge in [-0.2, -0.15) is 5.10 Å². The predicted molar refractivity (Wildman–Crippen MR) is 139 cm³/mol. The van der Waals surface area contributed by atoms with E-state index in [9.17, 15) is 13.6 Å². The molecule has 5 rings (SSSR count). The SMILES string of the molecule is Cc1ccc([C@@H]2C[C@H](C(F)F)n3ncc(C(=O)Nc4ccccc4Sc4ccc(Cl)cc4)c3N2)cc1. The summed E-state index contributed by atoms with van der Waals surface area (Å²) in [6.45, 7) is 1.97. The fourth-order valence-electron chi connectivity index (χ4n) is 4.19. The van der Waals surface area contributed by atoms with Gasteiger partial charge in [0, 0.05) is 14.8 Å². The summed E-state index contributed by atoms with van der Waals surface area (Å²) in [5.74, 6) is -0.136. The largest absolute Gasteiger partial charge is 0.363 e. The molecule has 1 aliphatic rings. The molecular formula is C27H23ClF2N4OS. The number of alkyl halides is 2. The summed E-state index contributed by atoms with van der Waals surface area (Å²) in [5, 5.41) is 11.0. The highest BCUT2D eigenvalue weighted by Gasteiger charge is 2.36. The first-order valence-electron chi connectivity index (χ1n) is 11.4. The first kappa shape index (κ1) is 24.3. The number of carbonyl (C=O) groups excluding carboxylic acids is 1. The Balaban J connectivity index is 1.42. The smallest absolute Gasteiger partial charge is 0.261 e. The van der Waals surface area contributed by atoms with E-state index < -0.39 is 18.4 Å². The van der Waals surface area contributed by atoms with Gasteiger partial charge in [-0.05, 0) is 55.3 Å². The third-order valence-electron chi connectivity index (χ3n) is 6.09. The van der Waals surface area contributed by atoms with E-state index in [0.29, 0.717) is 10.7 Å². The quantitative estimate of drug-likeness (QED) is 0.272. The summed E-state index contributed by atoms with van der Waals surface area (Å²) < 4.78 is 29.2. The molecule has 184 valence electrons. The molecule has 0 bridgehead atoms. The molecule has 2 N–H and O–H groups in total. The minimum atomic E-state index is -2.62. The van der Waals surface area contributed by atoms with Crippen LogP contribution in [0.15, 0.2) is 88.8 Å². The Bertz CT molecular complexity index is 1380. The zero-order valence-electron chi connectivity index (χ0n) is 19.3. The van der Waals surface area contributed by atoms with Crippen LogP contribution in [0.25, 0.3) is 0 Å². The van der Waals surface area contributed by atoms with Crippen molar-refractivity contribution in [2.75, 3.05) is 10.6 Å². The molecule has 2 atom stereocenters. The van der Waals surface area contributed by atoms with Crippen molar-refractivity contribution >= 4 is 40.8 Å². The first-order valence-corrected chi connectivity index (χ1v) is 12.6. The number of aromatic nitrogens is 2. The van der Waals surface area contributed by atoms with E-state index in [0.717, 1.165) is 20.9 Å². The normalized spacial score (nSPS) is 16.9. The Hall–Kier alpha value is -3.36. The lowest BCUT2D eigenvalue weighted by molar-refractivity contribution is 0.0657. The van der Waals surface area contributed by atoms with Crippen molar-refractivity contribution in [1.82, 2.24) is 9.78 Å². The minimum Gasteiger partial charge on any atom is -0.363 e. The van der Waals surface area contributed by atoms with Crippen LogP contribution in [-0.4, -0.2) is 22.1 Å². The average molecular weight is 525 g/mol. The molecule has 5 nitrogen and oxygen atoms in total. The number of halogens is 3. The van der Waals surface area contributed by atoms with E-state index in [-0.39, 0.29) is 23.8 Å². The Morgan fingerprint density at radius 2 is 1.83 bits per heavy atom. The van der Waals surface area contributed by atoms with Gasteiger partial charge in [0.1, 0.15) is 17.4 Å². The van der Waals surface area contributed by atoms with E-state index in [1.165, 1.54) is 22.6 Å². The van der Waals surface area contributed by atoms with Gasteiger partial charge in [0.05, 0.1) is 17.9 Å². The fraction of sp³-hybridized carbons (Fsp3) is 0.185. The maximum atomic E-state index is 14.0. The van der Waals surface area contributed by atoms with Crippen LogP contribution >= 0.6 is 23.4 Å². The van der Waals surface area contributed by atoms with Gasteiger partial charge in [-0.25, -0.2) is 13.5 Å². The molecule has 0 saturated carbocycles. The van der Waals surface area contributed by atoms with Crippen LogP contribution in [0.3, 0.4) is 0 Å². The summed E-state index contributed by atoms with van der Waals surface area (Å²) in [6.07, 6.45) is -1.11. The highest BCUT2D eigenvalue weighted by atomic mass is 35.5. The fourth-order valence-corrected chi connectivity index (χ4v) is 5.22. The number of para-hydroxylation sites is 1. The van der Waals surface area contributed by atoms with Crippen LogP contribution in [0, 0.1) is 6.92 Å². The van der Waals surface area contributed by atoms with Gasteiger partial charge in [-0.1, -0.05) is 65.3 Å². The number of nitrogens with one attached hydrogen (secondary N) is 2. The first-order chi connectivity index (χ1) is 17.4. The third-order valence-corrected chi connectivity index (χ3v) is 7.43. The molecule has 0 saturated heterocycles. The van der Waals surface area contributed by atoms with Gasteiger partial charge in [-0.15, -0.1) is 0 Å². The van der Waals surface area contributed by atoms with E-state index >= 15 is 0 Å². The highest BCUT2D eigenvalue weighted by molar-refractivity contribution is 7.99. The third kappa shape index (κ3) is 5.10. The lowest BCUT2D eigenvalue weighted by Crippen LogP contribution is -2.31. The molecule has 0 unspecified atom stereocenters. The van der Waals surface area contributed by atoms with Crippen LogP contribution in [0.2, 0.25) is 5.02 Å². The number of fused-ring (bicyclic) bond motifs is 1. The number of aryl methyl sites for hydroxylation is 1. The average Bonchev–Trinajstić information content (AvgIpc) is 3.30. The molecule has 0 radical (unpaired) electrons. The van der Waals surface area contributed by atoms with E-state index in [1.54, 1.807) is 18.2 Å².